The van der Waals surface area contributed by atoms with Crippen LogP contribution in [0.15, 0.2) is 29.2 Å². The number of carboxylic acid groups (broad SMARTS) is 1. The first-order chi connectivity index (χ1) is 8.11. The molecule has 0 fully saturated rings. The molecule has 1 amide bonds. The van der Waals surface area contributed by atoms with Crippen LogP contribution in [0, 0.1) is 0 Å². The topological polar surface area (TPSA) is 69.2 Å². The van der Waals surface area contributed by atoms with Crippen LogP contribution >= 0.6 is 23.5 Å². The summed E-state index contributed by atoms with van der Waals surface area (Å²) in [5.41, 5.74) is 0.710. The van der Waals surface area contributed by atoms with Gasteiger partial charge in [-0.1, -0.05) is 0 Å². The molecule has 1 aromatic rings. The maximum absolute atomic E-state index is 11.4. The zero-order valence-corrected chi connectivity index (χ0v) is 15.0. The van der Waals surface area contributed by atoms with Gasteiger partial charge in [0.15, 0.2) is 0 Å². The van der Waals surface area contributed by atoms with Gasteiger partial charge in [0.25, 0.3) is 0 Å². The van der Waals surface area contributed by atoms with E-state index in [9.17, 15) is 14.7 Å². The number of nitrogens with one attached hydrogen (secondary N) is 1. The van der Waals surface area contributed by atoms with E-state index in [1.807, 2.05) is 30.5 Å². The summed E-state index contributed by atoms with van der Waals surface area (Å²) < 4.78 is 0. The molecule has 1 rings (SSSR count). The van der Waals surface area contributed by atoms with Crippen molar-refractivity contribution < 1.29 is 66.1 Å². The molecule has 92 valence electrons. The monoisotopic (exact) mass is 309 g/mol. The van der Waals surface area contributed by atoms with E-state index in [-0.39, 0.29) is 68.8 Å². The third-order valence-corrected chi connectivity index (χ3v) is 3.48. The Morgan fingerprint density at radius 1 is 1.22 bits per heavy atom. The molecule has 0 heterocycles. The summed E-state index contributed by atoms with van der Waals surface area (Å²) in [5.74, 6) is -1.43. The molecule has 0 unspecified atom stereocenters. The minimum Gasteiger partial charge on any atom is -0.549 e. The molecule has 0 atom stereocenters. The second kappa shape index (κ2) is 10.3. The van der Waals surface area contributed by atoms with Gasteiger partial charge in [0.2, 0.25) is 5.91 Å². The molecule has 0 aromatic heterocycles. The Labute approximate surface area is 157 Å². The number of benzene rings is 1. The summed E-state index contributed by atoms with van der Waals surface area (Å²) >= 11 is 2.64. The second-order valence-electron chi connectivity index (χ2n) is 3.14. The van der Waals surface area contributed by atoms with Crippen molar-refractivity contribution in [3.63, 3.8) is 0 Å². The van der Waals surface area contributed by atoms with E-state index in [0.29, 0.717) is 5.69 Å². The molecule has 0 bridgehead atoms. The van der Waals surface area contributed by atoms with Crippen molar-refractivity contribution in [2.75, 3.05) is 23.1 Å². The molecule has 0 spiro atoms. The number of anilines is 1. The number of aliphatic carboxylic acids is 1. The molecule has 0 saturated carbocycles. The maximum atomic E-state index is 11.4. The largest absolute Gasteiger partial charge is 1.00 e. The SMILES string of the molecule is CSc1ccc(NC(=O)CSCC(=O)[O-])cc1.[K+]. The van der Waals surface area contributed by atoms with Crippen LogP contribution in [-0.2, 0) is 9.59 Å². The maximum Gasteiger partial charge on any atom is 1.00 e. The van der Waals surface area contributed by atoms with Gasteiger partial charge in [0.1, 0.15) is 0 Å². The Kier molecular flexibility index (Phi) is 10.6. The Morgan fingerprint density at radius 2 is 1.83 bits per heavy atom. The minimum atomic E-state index is -1.16. The predicted octanol–water partition coefficient (Wildman–Crippen LogP) is -2.17. The third-order valence-electron chi connectivity index (χ3n) is 1.83. The van der Waals surface area contributed by atoms with Gasteiger partial charge in [0.05, 0.1) is 11.7 Å². The molecule has 0 aliphatic heterocycles. The van der Waals surface area contributed by atoms with Crippen LogP contribution in [-0.4, -0.2) is 29.6 Å². The van der Waals surface area contributed by atoms with Gasteiger partial charge in [-0.25, -0.2) is 0 Å². The molecule has 7 heteroatoms. The number of carbonyl (C=O) groups excluding carboxylic acids is 2. The summed E-state index contributed by atoms with van der Waals surface area (Å²) in [7, 11) is 0. The zero-order chi connectivity index (χ0) is 12.7. The number of hydrogen-bond acceptors (Lipinski definition) is 5. The van der Waals surface area contributed by atoms with E-state index in [1.54, 1.807) is 11.8 Å². The van der Waals surface area contributed by atoms with Crippen LogP contribution in [0.25, 0.3) is 0 Å². The average molecular weight is 309 g/mol. The average Bonchev–Trinajstić information content (AvgIpc) is 2.29. The van der Waals surface area contributed by atoms with Crippen molar-refractivity contribution >= 4 is 41.1 Å². The first kappa shape index (κ1) is 18.5. The Balaban J connectivity index is 0.00000289. The van der Waals surface area contributed by atoms with Gasteiger partial charge in [-0.3, -0.25) is 4.79 Å². The molecule has 0 radical (unpaired) electrons. The summed E-state index contributed by atoms with van der Waals surface area (Å²) in [6, 6.07) is 7.45. The van der Waals surface area contributed by atoms with E-state index < -0.39 is 5.97 Å². The van der Waals surface area contributed by atoms with Gasteiger partial charge in [-0.05, 0) is 30.5 Å². The predicted molar refractivity (Wildman–Crippen MR) is 69.2 cm³/mol. The van der Waals surface area contributed by atoms with Crippen molar-refractivity contribution in [3.8, 4) is 0 Å². The van der Waals surface area contributed by atoms with Crippen molar-refractivity contribution in [2.24, 2.45) is 0 Å². The first-order valence-corrected chi connectivity index (χ1v) is 7.21. The van der Waals surface area contributed by atoms with Crippen LogP contribution in [0.2, 0.25) is 0 Å². The van der Waals surface area contributed by atoms with E-state index in [4.69, 9.17) is 0 Å². The number of rotatable bonds is 6. The van der Waals surface area contributed by atoms with Crippen LogP contribution in [0.1, 0.15) is 0 Å². The molecule has 0 aliphatic rings. The van der Waals surface area contributed by atoms with Crippen molar-refractivity contribution in [3.05, 3.63) is 24.3 Å². The van der Waals surface area contributed by atoms with Crippen LogP contribution < -0.4 is 61.8 Å². The number of carboxylic acids is 1. The van der Waals surface area contributed by atoms with E-state index in [1.165, 1.54) is 0 Å². The number of carbonyl (C=O) groups is 2. The normalized spacial score (nSPS) is 9.39. The smallest absolute Gasteiger partial charge is 0.549 e. The van der Waals surface area contributed by atoms with E-state index >= 15 is 0 Å². The van der Waals surface area contributed by atoms with Gasteiger partial charge in [-0.2, -0.15) is 0 Å². The fourth-order valence-electron chi connectivity index (χ4n) is 1.10. The second-order valence-corrected chi connectivity index (χ2v) is 5.01. The molecule has 18 heavy (non-hydrogen) atoms. The summed E-state index contributed by atoms with van der Waals surface area (Å²) in [4.78, 5) is 22.7. The number of hydrogen-bond donors (Lipinski definition) is 1. The summed E-state index contributed by atoms with van der Waals surface area (Å²) in [6.45, 7) is 0. The summed E-state index contributed by atoms with van der Waals surface area (Å²) in [6.07, 6.45) is 1.98. The molecule has 4 nitrogen and oxygen atoms in total. The minimum absolute atomic E-state index is 0. The Bertz CT molecular complexity index is 398. The van der Waals surface area contributed by atoms with Crippen LogP contribution in [0.5, 0.6) is 0 Å². The van der Waals surface area contributed by atoms with Gasteiger partial charge < -0.3 is 15.2 Å². The van der Waals surface area contributed by atoms with Gasteiger partial charge in [-0.15, -0.1) is 23.5 Å². The fourth-order valence-corrected chi connectivity index (χ4v) is 2.03. The van der Waals surface area contributed by atoms with Crippen LogP contribution in [0.4, 0.5) is 5.69 Å². The number of amides is 1. The molecular formula is C11H12KNO3S2. The van der Waals surface area contributed by atoms with E-state index in [0.717, 1.165) is 16.7 Å². The van der Waals surface area contributed by atoms with Crippen LogP contribution in [0.3, 0.4) is 0 Å². The molecule has 1 aromatic carbocycles. The van der Waals surface area contributed by atoms with Crippen molar-refractivity contribution in [1.29, 1.82) is 0 Å². The Hall–Kier alpha value is 0.496. The van der Waals surface area contributed by atoms with Crippen molar-refractivity contribution in [2.45, 2.75) is 4.90 Å². The molecule has 0 saturated heterocycles. The van der Waals surface area contributed by atoms with Gasteiger partial charge in [0, 0.05) is 16.3 Å². The van der Waals surface area contributed by atoms with Crippen molar-refractivity contribution in [1.82, 2.24) is 0 Å². The molecular weight excluding hydrogens is 297 g/mol. The molecule has 1 N–H and O–H groups in total. The Morgan fingerprint density at radius 3 is 2.33 bits per heavy atom. The fraction of sp³-hybridized carbons (Fsp3) is 0.273. The van der Waals surface area contributed by atoms with Gasteiger partial charge >= 0.3 is 51.4 Å². The molecule has 0 aliphatic carbocycles. The zero-order valence-electron chi connectivity index (χ0n) is 10.3. The quantitative estimate of drug-likeness (QED) is 0.479. The first-order valence-electron chi connectivity index (χ1n) is 4.83. The summed E-state index contributed by atoms with van der Waals surface area (Å²) in [5, 5.41) is 12.8. The standard InChI is InChI=1S/C11H13NO3S2.K/c1-16-9-4-2-8(3-5-9)12-10(13)6-17-7-11(14)15;/h2-5H,6-7H2,1H3,(H,12,13)(H,14,15);/q;+1/p-1. The number of thioether (sulfide) groups is 2. The third kappa shape index (κ3) is 7.83. The van der Waals surface area contributed by atoms with E-state index in [2.05, 4.69) is 5.32 Å².